The third kappa shape index (κ3) is 2.76. The van der Waals surface area contributed by atoms with E-state index in [0.29, 0.717) is 12.2 Å². The van der Waals surface area contributed by atoms with Gasteiger partial charge in [-0.05, 0) is 6.92 Å². The molecule has 0 saturated heterocycles. The van der Waals surface area contributed by atoms with Crippen LogP contribution in [0.1, 0.15) is 17.0 Å². The van der Waals surface area contributed by atoms with Crippen LogP contribution in [-0.4, -0.2) is 25.1 Å². The lowest BCUT2D eigenvalue weighted by molar-refractivity contribution is 0.276. The summed E-state index contributed by atoms with van der Waals surface area (Å²) in [4.78, 5) is 4.61. The van der Waals surface area contributed by atoms with Gasteiger partial charge in [0.05, 0.1) is 25.0 Å². The van der Waals surface area contributed by atoms with Gasteiger partial charge in [-0.15, -0.1) is 16.4 Å². The molecule has 0 atom stereocenters. The fourth-order valence-corrected chi connectivity index (χ4v) is 2.68. The molecule has 0 aliphatic heterocycles. The van der Waals surface area contributed by atoms with Gasteiger partial charge in [-0.1, -0.05) is 35.0 Å². The lowest BCUT2D eigenvalue weighted by atomic mass is 10.2. The highest BCUT2D eigenvalue weighted by molar-refractivity contribution is 7.13. The lowest BCUT2D eigenvalue weighted by Gasteiger charge is -1.97. The monoisotopic (exact) mass is 286 g/mol. The number of rotatable bonds is 4. The number of aliphatic hydroxyl groups excluding tert-OH is 1. The van der Waals surface area contributed by atoms with Gasteiger partial charge in [-0.2, -0.15) is 0 Å². The van der Waals surface area contributed by atoms with Crippen molar-refractivity contribution < 1.29 is 5.11 Å². The van der Waals surface area contributed by atoms with Crippen LogP contribution in [0.25, 0.3) is 10.6 Å². The minimum Gasteiger partial charge on any atom is -0.390 e. The molecule has 1 N–H and O–H groups in total. The van der Waals surface area contributed by atoms with Crippen molar-refractivity contribution in [1.82, 2.24) is 20.0 Å². The van der Waals surface area contributed by atoms with Crippen molar-refractivity contribution >= 4 is 11.3 Å². The molecule has 0 unspecified atom stereocenters. The number of aromatic nitrogens is 4. The van der Waals surface area contributed by atoms with E-state index in [1.165, 1.54) is 5.56 Å². The molecule has 6 heteroatoms. The minimum absolute atomic E-state index is 0.0916. The van der Waals surface area contributed by atoms with Crippen LogP contribution in [0.4, 0.5) is 0 Å². The fraction of sp³-hybridized carbons (Fsp3) is 0.214. The highest BCUT2D eigenvalue weighted by Gasteiger charge is 2.06. The maximum Gasteiger partial charge on any atom is 0.123 e. The van der Waals surface area contributed by atoms with Gasteiger partial charge >= 0.3 is 0 Å². The number of aryl methyl sites for hydroxylation is 1. The number of nitrogens with zero attached hydrogens (tertiary/aromatic N) is 4. The number of aliphatic hydroxyl groups is 1. The summed E-state index contributed by atoms with van der Waals surface area (Å²) >= 11 is 1.62. The third-order valence-electron chi connectivity index (χ3n) is 2.92. The van der Waals surface area contributed by atoms with Crippen LogP contribution < -0.4 is 0 Å². The molecule has 2 heterocycles. The molecule has 0 aliphatic rings. The van der Waals surface area contributed by atoms with E-state index < -0.39 is 0 Å². The Labute approximate surface area is 120 Å². The van der Waals surface area contributed by atoms with Crippen molar-refractivity contribution in [2.75, 3.05) is 0 Å². The third-order valence-corrected chi connectivity index (χ3v) is 3.86. The fourth-order valence-electron chi connectivity index (χ4n) is 1.86. The number of thiazole rings is 1. The van der Waals surface area contributed by atoms with Crippen molar-refractivity contribution in [3.63, 3.8) is 0 Å². The predicted octanol–water partition coefficient (Wildman–Crippen LogP) is 2.25. The first-order valence-electron chi connectivity index (χ1n) is 6.26. The molecule has 0 aliphatic carbocycles. The minimum atomic E-state index is -0.0916. The van der Waals surface area contributed by atoms with Crippen molar-refractivity contribution in [3.8, 4) is 10.6 Å². The van der Waals surface area contributed by atoms with E-state index in [1.54, 1.807) is 22.2 Å². The standard InChI is InChI=1S/C14H14N4OS/c1-10-2-4-11(5-3-10)14-15-13(9-20-14)7-18-6-12(8-19)16-17-18/h2-6,9,19H,7-8H2,1H3. The van der Waals surface area contributed by atoms with E-state index in [9.17, 15) is 0 Å². The van der Waals surface area contributed by atoms with Crippen molar-refractivity contribution in [3.05, 3.63) is 52.8 Å². The molecule has 5 nitrogen and oxygen atoms in total. The maximum absolute atomic E-state index is 8.96. The number of hydrogen-bond acceptors (Lipinski definition) is 5. The Kier molecular flexibility index (Phi) is 3.58. The van der Waals surface area contributed by atoms with Crippen LogP contribution in [0.5, 0.6) is 0 Å². The molecule has 2 aromatic heterocycles. The summed E-state index contributed by atoms with van der Waals surface area (Å²) in [6.45, 7) is 2.54. The number of benzene rings is 1. The van der Waals surface area contributed by atoms with Crippen LogP contribution in [-0.2, 0) is 13.2 Å². The summed E-state index contributed by atoms with van der Waals surface area (Å²) in [5.74, 6) is 0. The first-order chi connectivity index (χ1) is 9.74. The smallest absolute Gasteiger partial charge is 0.123 e. The Morgan fingerprint density at radius 3 is 2.70 bits per heavy atom. The normalized spacial score (nSPS) is 10.9. The Balaban J connectivity index is 1.78. The second kappa shape index (κ2) is 5.52. The van der Waals surface area contributed by atoms with Gasteiger partial charge in [-0.25, -0.2) is 9.67 Å². The quantitative estimate of drug-likeness (QED) is 0.799. The highest BCUT2D eigenvalue weighted by atomic mass is 32.1. The van der Waals surface area contributed by atoms with Crippen LogP contribution in [0, 0.1) is 6.92 Å². The molecule has 3 rings (SSSR count). The first-order valence-corrected chi connectivity index (χ1v) is 7.14. The Bertz CT molecular complexity index is 702. The molecule has 0 radical (unpaired) electrons. The zero-order valence-corrected chi connectivity index (χ0v) is 11.8. The SMILES string of the molecule is Cc1ccc(-c2nc(Cn3cc(CO)nn3)cs2)cc1. The van der Waals surface area contributed by atoms with Crippen molar-refractivity contribution in [2.24, 2.45) is 0 Å². The first kappa shape index (κ1) is 13.0. The summed E-state index contributed by atoms with van der Waals surface area (Å²) in [7, 11) is 0. The zero-order chi connectivity index (χ0) is 13.9. The molecule has 0 bridgehead atoms. The van der Waals surface area contributed by atoms with Gasteiger partial charge in [0.15, 0.2) is 0 Å². The van der Waals surface area contributed by atoms with E-state index in [1.807, 2.05) is 5.38 Å². The maximum atomic E-state index is 8.96. The molecule has 0 saturated carbocycles. The van der Waals surface area contributed by atoms with E-state index in [2.05, 4.69) is 46.5 Å². The molecule has 3 aromatic rings. The Morgan fingerprint density at radius 1 is 1.20 bits per heavy atom. The van der Waals surface area contributed by atoms with E-state index in [4.69, 9.17) is 5.11 Å². The summed E-state index contributed by atoms with van der Waals surface area (Å²) in [6, 6.07) is 8.33. The highest BCUT2D eigenvalue weighted by Crippen LogP contribution is 2.24. The van der Waals surface area contributed by atoms with Crippen LogP contribution in [0.2, 0.25) is 0 Å². The Hall–Kier alpha value is -2.05. The van der Waals surface area contributed by atoms with Crippen LogP contribution in [0.3, 0.4) is 0 Å². The summed E-state index contributed by atoms with van der Waals surface area (Å²) in [5.41, 5.74) is 3.88. The van der Waals surface area contributed by atoms with Gasteiger partial charge in [0, 0.05) is 10.9 Å². The second-order valence-corrected chi connectivity index (χ2v) is 5.43. The molecule has 0 amide bonds. The van der Waals surface area contributed by atoms with Crippen LogP contribution in [0.15, 0.2) is 35.8 Å². The largest absolute Gasteiger partial charge is 0.390 e. The summed E-state index contributed by atoms with van der Waals surface area (Å²) in [5, 5.41) is 19.8. The van der Waals surface area contributed by atoms with Crippen molar-refractivity contribution in [2.45, 2.75) is 20.1 Å². The molecular weight excluding hydrogens is 272 g/mol. The molecule has 20 heavy (non-hydrogen) atoms. The average molecular weight is 286 g/mol. The molecule has 1 aromatic carbocycles. The van der Waals surface area contributed by atoms with Crippen LogP contribution >= 0.6 is 11.3 Å². The topological polar surface area (TPSA) is 63.8 Å². The van der Waals surface area contributed by atoms with E-state index in [-0.39, 0.29) is 6.61 Å². The molecular formula is C14H14N4OS. The molecule has 0 spiro atoms. The van der Waals surface area contributed by atoms with Gasteiger partial charge in [0.1, 0.15) is 10.7 Å². The van der Waals surface area contributed by atoms with Gasteiger partial charge in [0.25, 0.3) is 0 Å². The van der Waals surface area contributed by atoms with Gasteiger partial charge < -0.3 is 5.11 Å². The Morgan fingerprint density at radius 2 is 2.00 bits per heavy atom. The van der Waals surface area contributed by atoms with Gasteiger partial charge in [-0.3, -0.25) is 0 Å². The summed E-state index contributed by atoms with van der Waals surface area (Å²) < 4.78 is 1.68. The van der Waals surface area contributed by atoms with E-state index >= 15 is 0 Å². The lowest BCUT2D eigenvalue weighted by Crippen LogP contribution is -2.00. The molecule has 102 valence electrons. The average Bonchev–Trinajstić information content (AvgIpc) is 3.09. The van der Waals surface area contributed by atoms with E-state index in [0.717, 1.165) is 16.3 Å². The second-order valence-electron chi connectivity index (χ2n) is 4.58. The number of hydrogen-bond donors (Lipinski definition) is 1. The summed E-state index contributed by atoms with van der Waals surface area (Å²) in [6.07, 6.45) is 1.73. The predicted molar refractivity (Wildman–Crippen MR) is 77.3 cm³/mol. The van der Waals surface area contributed by atoms with Crippen molar-refractivity contribution in [1.29, 1.82) is 0 Å². The molecule has 0 fully saturated rings. The zero-order valence-electron chi connectivity index (χ0n) is 11.0. The van der Waals surface area contributed by atoms with Gasteiger partial charge in [0.2, 0.25) is 0 Å².